The fourth-order valence-electron chi connectivity index (χ4n) is 3.93. The highest BCUT2D eigenvalue weighted by Gasteiger charge is 2.43. The summed E-state index contributed by atoms with van der Waals surface area (Å²) in [5.41, 5.74) is 1.09. The van der Waals surface area contributed by atoms with Gasteiger partial charge in [0.2, 0.25) is 5.78 Å². The van der Waals surface area contributed by atoms with E-state index in [4.69, 9.17) is 4.74 Å². The normalized spacial score (nSPS) is 16.2. The first-order valence-corrected chi connectivity index (χ1v) is 11.5. The largest absolute Gasteiger partial charge is 0.503 e. The molecule has 2 heterocycles. The van der Waals surface area contributed by atoms with Gasteiger partial charge in [-0.15, -0.1) is 11.3 Å². The van der Waals surface area contributed by atoms with Gasteiger partial charge in [0.15, 0.2) is 5.76 Å². The van der Waals surface area contributed by atoms with Crippen molar-refractivity contribution in [3.63, 3.8) is 0 Å². The molecule has 3 rings (SSSR count). The van der Waals surface area contributed by atoms with Gasteiger partial charge in [-0.1, -0.05) is 32.0 Å². The number of carbonyl (C=O) groups is 3. The van der Waals surface area contributed by atoms with Crippen LogP contribution in [0.3, 0.4) is 0 Å². The molecule has 0 fully saturated rings. The second-order valence-electron chi connectivity index (χ2n) is 7.46. The average molecular weight is 457 g/mol. The predicted octanol–water partition coefficient (Wildman–Crippen LogP) is 3.84. The molecule has 1 N–H and O–H groups in total. The van der Waals surface area contributed by atoms with E-state index >= 15 is 0 Å². The van der Waals surface area contributed by atoms with E-state index < -0.39 is 23.7 Å². The first-order valence-electron chi connectivity index (χ1n) is 10.7. The zero-order valence-electron chi connectivity index (χ0n) is 18.5. The number of rotatable bonds is 10. The highest BCUT2D eigenvalue weighted by atomic mass is 32.1. The lowest BCUT2D eigenvalue weighted by Crippen LogP contribution is -2.34. The summed E-state index contributed by atoms with van der Waals surface area (Å²) in [6, 6.07) is 9.31. The number of thiophene rings is 1. The smallest absolute Gasteiger partial charge is 0.337 e. The van der Waals surface area contributed by atoms with Gasteiger partial charge in [0.25, 0.3) is 5.91 Å². The molecular weight excluding hydrogens is 428 g/mol. The van der Waals surface area contributed by atoms with Crippen molar-refractivity contribution in [3.05, 3.63) is 69.1 Å². The van der Waals surface area contributed by atoms with Gasteiger partial charge in [0, 0.05) is 6.54 Å². The summed E-state index contributed by atoms with van der Waals surface area (Å²) in [5, 5.41) is 12.5. The highest BCUT2D eigenvalue weighted by Crippen LogP contribution is 2.39. The third-order valence-corrected chi connectivity index (χ3v) is 6.58. The van der Waals surface area contributed by atoms with Crippen LogP contribution >= 0.6 is 11.3 Å². The maximum absolute atomic E-state index is 13.2. The maximum Gasteiger partial charge on any atom is 0.337 e. The van der Waals surface area contributed by atoms with Crippen LogP contribution in [0.1, 0.15) is 51.9 Å². The number of ether oxygens (including phenoxy) is 1. The van der Waals surface area contributed by atoms with Crippen LogP contribution in [-0.2, 0) is 9.53 Å². The summed E-state index contributed by atoms with van der Waals surface area (Å²) in [6.07, 6.45) is 0.706. The Bertz CT molecular complexity index is 994. The minimum Gasteiger partial charge on any atom is -0.503 e. The molecule has 170 valence electrons. The number of benzene rings is 1. The van der Waals surface area contributed by atoms with E-state index in [9.17, 15) is 19.5 Å². The van der Waals surface area contributed by atoms with Crippen LogP contribution < -0.4 is 0 Å². The van der Waals surface area contributed by atoms with E-state index in [1.54, 1.807) is 46.7 Å². The quantitative estimate of drug-likeness (QED) is 0.432. The van der Waals surface area contributed by atoms with Crippen molar-refractivity contribution in [1.82, 2.24) is 9.80 Å². The molecule has 1 aliphatic rings. The van der Waals surface area contributed by atoms with Crippen molar-refractivity contribution in [2.24, 2.45) is 0 Å². The molecule has 1 unspecified atom stereocenters. The van der Waals surface area contributed by atoms with Crippen LogP contribution in [0.2, 0.25) is 0 Å². The zero-order valence-corrected chi connectivity index (χ0v) is 19.4. The van der Waals surface area contributed by atoms with Crippen molar-refractivity contribution in [2.75, 3.05) is 33.3 Å². The van der Waals surface area contributed by atoms with Crippen LogP contribution in [0.15, 0.2) is 53.1 Å². The standard InChI is InChI=1S/C24H28N2O5S/c1-4-25(5-2)13-7-14-26-20(16-9-11-17(12-10-16)24(30)31-3)19(22(28)23(26)29)21(27)18-8-6-15-32-18/h6,8-12,15,20,28H,4-5,7,13-14H2,1-3H3. The van der Waals surface area contributed by atoms with E-state index in [-0.39, 0.29) is 11.4 Å². The van der Waals surface area contributed by atoms with Crippen molar-refractivity contribution < 1.29 is 24.2 Å². The maximum atomic E-state index is 13.2. The van der Waals surface area contributed by atoms with Crippen molar-refractivity contribution >= 4 is 29.0 Å². The number of hydrogen-bond acceptors (Lipinski definition) is 7. The summed E-state index contributed by atoms with van der Waals surface area (Å²) >= 11 is 1.26. The van der Waals surface area contributed by atoms with E-state index in [1.165, 1.54) is 18.4 Å². The van der Waals surface area contributed by atoms with Gasteiger partial charge in [0.05, 0.1) is 29.2 Å². The first-order chi connectivity index (χ1) is 15.4. The zero-order chi connectivity index (χ0) is 23.3. The number of carbonyl (C=O) groups excluding carboxylic acids is 3. The molecule has 0 saturated heterocycles. The molecule has 2 aromatic rings. The van der Waals surface area contributed by atoms with E-state index in [0.29, 0.717) is 29.0 Å². The molecule has 32 heavy (non-hydrogen) atoms. The van der Waals surface area contributed by atoms with Crippen molar-refractivity contribution in [2.45, 2.75) is 26.3 Å². The lowest BCUT2D eigenvalue weighted by molar-refractivity contribution is -0.129. The third kappa shape index (κ3) is 4.76. The topological polar surface area (TPSA) is 87.2 Å². The van der Waals surface area contributed by atoms with E-state index in [0.717, 1.165) is 19.6 Å². The highest BCUT2D eigenvalue weighted by molar-refractivity contribution is 7.12. The Labute approximate surface area is 191 Å². The van der Waals surface area contributed by atoms with Crippen LogP contribution in [0, 0.1) is 0 Å². The first kappa shape index (κ1) is 23.7. The number of aliphatic hydroxyl groups is 1. The summed E-state index contributed by atoms with van der Waals surface area (Å²) in [4.78, 5) is 42.3. The Morgan fingerprint density at radius 2 is 1.84 bits per heavy atom. The molecule has 1 atom stereocenters. The molecule has 1 aliphatic heterocycles. The Hall–Kier alpha value is -2.97. The Morgan fingerprint density at radius 1 is 1.16 bits per heavy atom. The molecule has 1 amide bonds. The third-order valence-electron chi connectivity index (χ3n) is 5.71. The summed E-state index contributed by atoms with van der Waals surface area (Å²) in [7, 11) is 1.31. The van der Waals surface area contributed by atoms with Gasteiger partial charge in [-0.2, -0.15) is 0 Å². The van der Waals surface area contributed by atoms with Crippen LogP contribution in [0.4, 0.5) is 0 Å². The number of esters is 1. The Kier molecular flexibility index (Phi) is 7.82. The monoisotopic (exact) mass is 456 g/mol. The predicted molar refractivity (Wildman–Crippen MR) is 123 cm³/mol. The summed E-state index contributed by atoms with van der Waals surface area (Å²) in [6.45, 7) is 7.19. The van der Waals surface area contributed by atoms with Crippen LogP contribution in [-0.4, -0.2) is 65.9 Å². The number of ketones is 1. The SMILES string of the molecule is CCN(CC)CCCN1C(=O)C(O)=C(C(=O)c2cccs2)C1c1ccc(C(=O)OC)cc1. The van der Waals surface area contributed by atoms with Gasteiger partial charge >= 0.3 is 5.97 Å². The minimum atomic E-state index is -0.722. The number of nitrogens with zero attached hydrogens (tertiary/aromatic N) is 2. The van der Waals surface area contributed by atoms with Gasteiger partial charge in [0.1, 0.15) is 0 Å². The van der Waals surface area contributed by atoms with Gasteiger partial charge in [-0.05, 0) is 55.2 Å². The molecule has 0 saturated carbocycles. The van der Waals surface area contributed by atoms with Gasteiger partial charge in [-0.25, -0.2) is 4.79 Å². The number of Topliss-reactive ketones (excluding diaryl/α,β-unsaturated/α-hetero) is 1. The molecule has 7 nitrogen and oxygen atoms in total. The molecular formula is C24H28N2O5S. The number of amides is 1. The average Bonchev–Trinajstić information content (AvgIpc) is 3.44. The molecule has 1 aromatic heterocycles. The van der Waals surface area contributed by atoms with Crippen LogP contribution in [0.25, 0.3) is 0 Å². The number of methoxy groups -OCH3 is 1. The van der Waals surface area contributed by atoms with E-state index in [2.05, 4.69) is 18.7 Å². The second kappa shape index (κ2) is 10.6. The van der Waals surface area contributed by atoms with Gasteiger partial charge in [-0.3, -0.25) is 9.59 Å². The molecule has 0 radical (unpaired) electrons. The minimum absolute atomic E-state index is 0.0751. The Morgan fingerprint density at radius 3 is 2.41 bits per heavy atom. The molecule has 1 aromatic carbocycles. The fraction of sp³-hybridized carbons (Fsp3) is 0.375. The van der Waals surface area contributed by atoms with Crippen molar-refractivity contribution in [1.29, 1.82) is 0 Å². The molecule has 0 bridgehead atoms. The second-order valence-corrected chi connectivity index (χ2v) is 8.41. The van der Waals surface area contributed by atoms with Gasteiger partial charge < -0.3 is 19.6 Å². The van der Waals surface area contributed by atoms with Crippen LogP contribution in [0.5, 0.6) is 0 Å². The molecule has 0 aliphatic carbocycles. The molecule has 0 spiro atoms. The molecule has 8 heteroatoms. The summed E-state index contributed by atoms with van der Waals surface area (Å²) in [5.74, 6) is -1.89. The summed E-state index contributed by atoms with van der Waals surface area (Å²) < 4.78 is 4.75. The lowest BCUT2D eigenvalue weighted by atomic mass is 9.94. The van der Waals surface area contributed by atoms with Crippen molar-refractivity contribution in [3.8, 4) is 0 Å². The number of aliphatic hydroxyl groups excluding tert-OH is 1. The Balaban J connectivity index is 1.95. The van der Waals surface area contributed by atoms with E-state index in [1.807, 2.05) is 0 Å². The fourth-order valence-corrected chi connectivity index (χ4v) is 4.60. The lowest BCUT2D eigenvalue weighted by Gasteiger charge is -2.28. The number of hydrogen-bond donors (Lipinski definition) is 1.